The smallest absolute Gasteiger partial charge is 0.462 e. The zero-order valence-corrected chi connectivity index (χ0v) is 36.0. The van der Waals surface area contributed by atoms with E-state index >= 15 is 0 Å². The molecule has 0 heterocycles. The second kappa shape index (κ2) is 34.1. The first-order chi connectivity index (χ1) is 27.4. The molecule has 1 rings (SSSR count). The van der Waals surface area contributed by atoms with Gasteiger partial charge in [-0.05, 0) is 38.5 Å². The van der Waals surface area contributed by atoms with Crippen LogP contribution in [-0.4, -0.2) is 98.3 Å². The van der Waals surface area contributed by atoms with Gasteiger partial charge < -0.3 is 39.9 Å². The van der Waals surface area contributed by atoms with Crippen LogP contribution < -0.4 is 0 Å². The van der Waals surface area contributed by atoms with Crippen molar-refractivity contribution >= 4 is 19.8 Å². The van der Waals surface area contributed by atoms with Crippen LogP contribution in [-0.2, 0) is 32.7 Å². The summed E-state index contributed by atoms with van der Waals surface area (Å²) >= 11 is 0. The average Bonchev–Trinajstić information content (AvgIpc) is 3.19. The minimum Gasteiger partial charge on any atom is -0.462 e. The van der Waals surface area contributed by atoms with Crippen molar-refractivity contribution in [1.29, 1.82) is 0 Å². The Kier molecular flexibility index (Phi) is 31.9. The maximum Gasteiger partial charge on any atom is 0.472 e. The number of aliphatic hydroxyl groups is 5. The number of phosphoric ester groups is 1. The second-order valence-corrected chi connectivity index (χ2v) is 17.0. The highest BCUT2D eigenvalue weighted by Gasteiger charge is 2.51. The van der Waals surface area contributed by atoms with Crippen molar-refractivity contribution in [2.24, 2.45) is 0 Å². The van der Waals surface area contributed by atoms with Gasteiger partial charge in [0.1, 0.15) is 43.2 Å². The van der Waals surface area contributed by atoms with Gasteiger partial charge in [0.25, 0.3) is 0 Å². The first-order valence-corrected chi connectivity index (χ1v) is 23.6. The number of allylic oxidation sites excluding steroid dienone is 4. The first-order valence-electron chi connectivity index (χ1n) is 22.1. The van der Waals surface area contributed by atoms with E-state index in [4.69, 9.17) is 18.5 Å². The molecule has 0 aromatic heterocycles. The van der Waals surface area contributed by atoms with Gasteiger partial charge in [0.15, 0.2) is 6.10 Å². The predicted molar refractivity (Wildman–Crippen MR) is 221 cm³/mol. The molecule has 14 heteroatoms. The predicted octanol–water partition coefficient (Wildman–Crippen LogP) is 8.06. The molecule has 1 fully saturated rings. The standard InChI is InChI=1S/C43H79O13P/c1-3-5-7-9-11-13-15-17-18-20-21-23-25-27-29-31-36(44)53-33-35(34-54-57(51,52)56-43-41(49)39(47)38(46)40(48)42(43)50)55-37(45)32-30-28-26-24-22-19-16-14-12-10-8-6-4-2/h8,10,14,16,35,38-43,46-50H,3-7,9,11-13,15,17-34H2,1-2H3,(H,51,52). The van der Waals surface area contributed by atoms with E-state index in [1.807, 2.05) is 0 Å². The van der Waals surface area contributed by atoms with Gasteiger partial charge in [-0.25, -0.2) is 4.57 Å². The van der Waals surface area contributed by atoms with Crippen molar-refractivity contribution in [2.45, 2.75) is 224 Å². The number of hydrogen-bond donors (Lipinski definition) is 6. The number of rotatable bonds is 36. The van der Waals surface area contributed by atoms with Gasteiger partial charge in [-0.3, -0.25) is 18.6 Å². The van der Waals surface area contributed by atoms with Crippen molar-refractivity contribution in [1.82, 2.24) is 0 Å². The fraction of sp³-hybridized carbons (Fsp3) is 0.860. The highest BCUT2D eigenvalue weighted by atomic mass is 31.2. The molecule has 57 heavy (non-hydrogen) atoms. The molecule has 1 aliphatic rings. The van der Waals surface area contributed by atoms with Crippen LogP contribution in [0.25, 0.3) is 0 Å². The molecule has 0 aliphatic heterocycles. The second-order valence-electron chi connectivity index (χ2n) is 15.6. The van der Waals surface area contributed by atoms with Crippen LogP contribution in [0.2, 0.25) is 0 Å². The summed E-state index contributed by atoms with van der Waals surface area (Å²) in [5, 5.41) is 50.1. The number of carbonyl (C=O) groups is 2. The summed E-state index contributed by atoms with van der Waals surface area (Å²) in [4.78, 5) is 35.6. The van der Waals surface area contributed by atoms with Crippen LogP contribution >= 0.6 is 7.82 Å². The van der Waals surface area contributed by atoms with Crippen molar-refractivity contribution < 1.29 is 63.1 Å². The summed E-state index contributed by atoms with van der Waals surface area (Å²) in [6.07, 6.45) is 22.4. The van der Waals surface area contributed by atoms with Gasteiger partial charge in [-0.1, -0.05) is 154 Å². The molecule has 13 nitrogen and oxygen atoms in total. The summed E-state index contributed by atoms with van der Waals surface area (Å²) in [5.41, 5.74) is 0. The molecule has 0 radical (unpaired) electrons. The normalized spacial score (nSPS) is 22.9. The molecular weight excluding hydrogens is 755 g/mol. The van der Waals surface area contributed by atoms with Crippen LogP contribution in [0.5, 0.6) is 0 Å². The van der Waals surface area contributed by atoms with Crippen molar-refractivity contribution in [3.63, 3.8) is 0 Å². The lowest BCUT2D eigenvalue weighted by atomic mass is 9.85. The Morgan fingerprint density at radius 3 is 1.49 bits per heavy atom. The lowest BCUT2D eigenvalue weighted by molar-refractivity contribution is -0.220. The average molecular weight is 835 g/mol. The van der Waals surface area contributed by atoms with E-state index < -0.39 is 75.7 Å². The molecule has 1 saturated carbocycles. The van der Waals surface area contributed by atoms with E-state index in [2.05, 4.69) is 38.2 Å². The Bertz CT molecular complexity index is 1100. The number of hydrogen-bond acceptors (Lipinski definition) is 12. The van der Waals surface area contributed by atoms with E-state index in [9.17, 15) is 44.6 Å². The highest BCUT2D eigenvalue weighted by molar-refractivity contribution is 7.47. The van der Waals surface area contributed by atoms with E-state index in [1.165, 1.54) is 70.6 Å². The van der Waals surface area contributed by atoms with Crippen LogP contribution in [0.15, 0.2) is 24.3 Å². The van der Waals surface area contributed by atoms with Crippen LogP contribution in [0.3, 0.4) is 0 Å². The maximum atomic E-state index is 12.8. The zero-order chi connectivity index (χ0) is 42.2. The van der Waals surface area contributed by atoms with Gasteiger partial charge in [-0.15, -0.1) is 0 Å². The third kappa shape index (κ3) is 26.9. The Morgan fingerprint density at radius 2 is 0.982 bits per heavy atom. The number of aliphatic hydroxyl groups excluding tert-OH is 5. The molecule has 0 bridgehead atoms. The monoisotopic (exact) mass is 835 g/mol. The SMILES string of the molecule is CCCC=CCC=CCCCCCCCC(=O)OC(COC(=O)CCCCCCCCCCCCCCCCC)COP(=O)(O)OC1C(O)C(O)C(O)C(O)C1O. The van der Waals surface area contributed by atoms with Gasteiger partial charge in [-0.2, -0.15) is 0 Å². The van der Waals surface area contributed by atoms with Crippen molar-refractivity contribution in [3.05, 3.63) is 24.3 Å². The fourth-order valence-corrected chi connectivity index (χ4v) is 7.65. The van der Waals surface area contributed by atoms with E-state index in [-0.39, 0.29) is 12.8 Å². The summed E-state index contributed by atoms with van der Waals surface area (Å²) in [6.45, 7) is 3.22. The van der Waals surface area contributed by atoms with Gasteiger partial charge in [0.05, 0.1) is 6.61 Å². The Hall–Kier alpha value is -1.67. The molecule has 0 amide bonds. The van der Waals surface area contributed by atoms with Crippen molar-refractivity contribution in [2.75, 3.05) is 13.2 Å². The quantitative estimate of drug-likeness (QED) is 0.0153. The lowest BCUT2D eigenvalue weighted by Gasteiger charge is -2.41. The van der Waals surface area contributed by atoms with E-state index in [0.29, 0.717) is 12.8 Å². The first kappa shape index (κ1) is 53.3. The molecule has 0 aromatic carbocycles. The lowest BCUT2D eigenvalue weighted by Crippen LogP contribution is -2.64. The Balaban J connectivity index is 2.48. The molecule has 6 unspecified atom stereocenters. The van der Waals surface area contributed by atoms with Gasteiger partial charge >= 0.3 is 19.8 Å². The van der Waals surface area contributed by atoms with Gasteiger partial charge in [0.2, 0.25) is 0 Å². The molecule has 1 aliphatic carbocycles. The molecule has 6 N–H and O–H groups in total. The molecule has 0 spiro atoms. The number of phosphoric acid groups is 1. The zero-order valence-electron chi connectivity index (χ0n) is 35.1. The largest absolute Gasteiger partial charge is 0.472 e. The molecule has 0 saturated heterocycles. The third-order valence-electron chi connectivity index (χ3n) is 10.3. The minimum atomic E-state index is -5.11. The molecule has 6 atom stereocenters. The molecule has 334 valence electrons. The van der Waals surface area contributed by atoms with Crippen LogP contribution in [0, 0.1) is 0 Å². The summed E-state index contributed by atoms with van der Waals surface area (Å²) in [5.74, 6) is -1.11. The maximum absolute atomic E-state index is 12.8. The molecular formula is C43H79O13P. The Morgan fingerprint density at radius 1 is 0.544 bits per heavy atom. The minimum absolute atomic E-state index is 0.0828. The Labute approximate surface area is 343 Å². The van der Waals surface area contributed by atoms with Crippen LogP contribution in [0.1, 0.15) is 181 Å². The fourth-order valence-electron chi connectivity index (χ4n) is 6.68. The summed E-state index contributed by atoms with van der Waals surface area (Å²) in [6, 6.07) is 0. The van der Waals surface area contributed by atoms with Gasteiger partial charge in [0, 0.05) is 12.8 Å². The number of esters is 2. The van der Waals surface area contributed by atoms with Crippen LogP contribution in [0.4, 0.5) is 0 Å². The third-order valence-corrected chi connectivity index (χ3v) is 11.3. The van der Waals surface area contributed by atoms with E-state index in [0.717, 1.165) is 70.6 Å². The molecule has 0 aromatic rings. The number of ether oxygens (including phenoxy) is 2. The van der Waals surface area contributed by atoms with Crippen molar-refractivity contribution in [3.8, 4) is 0 Å². The summed E-state index contributed by atoms with van der Waals surface area (Å²) < 4.78 is 33.4. The van der Waals surface area contributed by atoms with E-state index in [1.54, 1.807) is 0 Å². The highest BCUT2D eigenvalue weighted by Crippen LogP contribution is 2.47. The number of carbonyl (C=O) groups excluding carboxylic acids is 2. The number of unbranched alkanes of at least 4 members (excludes halogenated alkanes) is 20. The summed E-state index contributed by atoms with van der Waals surface area (Å²) in [7, 11) is -5.11. The topological polar surface area (TPSA) is 210 Å².